The summed E-state index contributed by atoms with van der Waals surface area (Å²) in [5.41, 5.74) is 0. The normalized spacial score (nSPS) is 17.7. The first-order valence-corrected chi connectivity index (χ1v) is 8.49. The van der Waals surface area contributed by atoms with Crippen molar-refractivity contribution in [1.82, 2.24) is 15.5 Å². The molecule has 1 unspecified atom stereocenters. The molecule has 22 heavy (non-hydrogen) atoms. The van der Waals surface area contributed by atoms with Crippen LogP contribution < -0.4 is 10.6 Å². The van der Waals surface area contributed by atoms with Gasteiger partial charge < -0.3 is 20.3 Å². The average Bonchev–Trinajstić information content (AvgIpc) is 2.50. The fourth-order valence-electron chi connectivity index (χ4n) is 2.65. The third-order valence-electron chi connectivity index (χ3n) is 3.74. The molecule has 1 aliphatic heterocycles. The molecule has 1 rings (SSSR count). The van der Waals surface area contributed by atoms with Crippen LogP contribution in [-0.2, 0) is 4.74 Å². The largest absolute Gasteiger partial charge is 0.385 e. The number of piperidine rings is 1. The number of aliphatic imine (C=N–C) groups is 1. The summed E-state index contributed by atoms with van der Waals surface area (Å²) in [4.78, 5) is 7.29. The van der Waals surface area contributed by atoms with E-state index in [1.165, 1.54) is 38.9 Å². The van der Waals surface area contributed by atoms with E-state index in [-0.39, 0.29) is 24.0 Å². The number of nitrogens with one attached hydrogen (secondary N) is 2. The van der Waals surface area contributed by atoms with Crippen LogP contribution in [0.5, 0.6) is 0 Å². The lowest BCUT2D eigenvalue weighted by atomic mass is 10.1. The highest BCUT2D eigenvalue weighted by Gasteiger charge is 2.13. The lowest BCUT2D eigenvalue weighted by Gasteiger charge is -2.28. The van der Waals surface area contributed by atoms with Crippen molar-refractivity contribution >= 4 is 29.9 Å². The quantitative estimate of drug-likeness (QED) is 0.257. The van der Waals surface area contributed by atoms with Gasteiger partial charge in [0.2, 0.25) is 0 Å². The van der Waals surface area contributed by atoms with Crippen molar-refractivity contribution in [2.24, 2.45) is 10.9 Å². The minimum absolute atomic E-state index is 0. The number of hydrogen-bond acceptors (Lipinski definition) is 3. The van der Waals surface area contributed by atoms with Crippen LogP contribution in [0, 0.1) is 5.92 Å². The molecular weight excluding hydrogens is 391 g/mol. The molecular formula is C16H35IN4O. The van der Waals surface area contributed by atoms with Crippen LogP contribution >= 0.6 is 24.0 Å². The molecule has 1 aliphatic rings. The Morgan fingerprint density at radius 1 is 1.23 bits per heavy atom. The molecule has 1 heterocycles. The molecule has 0 amide bonds. The van der Waals surface area contributed by atoms with Crippen LogP contribution in [0.1, 0.15) is 39.5 Å². The van der Waals surface area contributed by atoms with E-state index in [1.807, 2.05) is 0 Å². The molecule has 5 nitrogen and oxygen atoms in total. The van der Waals surface area contributed by atoms with Crippen molar-refractivity contribution in [3.63, 3.8) is 0 Å². The second-order valence-electron chi connectivity index (χ2n) is 5.96. The van der Waals surface area contributed by atoms with Crippen LogP contribution in [0.3, 0.4) is 0 Å². The molecule has 1 saturated heterocycles. The van der Waals surface area contributed by atoms with Crippen LogP contribution in [0.15, 0.2) is 4.99 Å². The first-order valence-electron chi connectivity index (χ1n) is 8.49. The zero-order valence-corrected chi connectivity index (χ0v) is 16.9. The maximum absolute atomic E-state index is 5.06. The smallest absolute Gasteiger partial charge is 0.191 e. The first kappa shape index (κ1) is 21.9. The fraction of sp³-hybridized carbons (Fsp3) is 0.938. The number of rotatable bonds is 9. The highest BCUT2D eigenvalue weighted by molar-refractivity contribution is 14.0. The van der Waals surface area contributed by atoms with E-state index in [9.17, 15) is 0 Å². The molecule has 0 spiro atoms. The summed E-state index contributed by atoms with van der Waals surface area (Å²) < 4.78 is 5.06. The summed E-state index contributed by atoms with van der Waals surface area (Å²) in [6.45, 7) is 11.6. The van der Waals surface area contributed by atoms with Crippen LogP contribution in [-0.4, -0.2) is 63.8 Å². The number of halogens is 1. The number of guanidine groups is 1. The number of methoxy groups -OCH3 is 1. The predicted molar refractivity (Wildman–Crippen MR) is 105 cm³/mol. The maximum atomic E-state index is 5.06. The van der Waals surface area contributed by atoms with E-state index in [1.54, 1.807) is 7.11 Å². The SMILES string of the molecule is CCNC(=NCC(C)CN1CCCCC1)NCCCOC.I. The topological polar surface area (TPSA) is 48.9 Å². The van der Waals surface area contributed by atoms with E-state index in [2.05, 4.69) is 29.4 Å². The van der Waals surface area contributed by atoms with Crippen molar-refractivity contribution in [2.75, 3.05) is 53.0 Å². The Morgan fingerprint density at radius 2 is 1.95 bits per heavy atom. The third kappa shape index (κ3) is 10.6. The summed E-state index contributed by atoms with van der Waals surface area (Å²) in [6, 6.07) is 0. The molecule has 0 aromatic rings. The average molecular weight is 426 g/mol. The predicted octanol–water partition coefficient (Wildman–Crippen LogP) is 2.32. The first-order chi connectivity index (χ1) is 10.3. The maximum Gasteiger partial charge on any atom is 0.191 e. The molecule has 0 aromatic carbocycles. The van der Waals surface area contributed by atoms with Crippen LogP contribution in [0.2, 0.25) is 0 Å². The molecule has 0 saturated carbocycles. The van der Waals surface area contributed by atoms with Gasteiger partial charge in [0.15, 0.2) is 5.96 Å². The van der Waals surface area contributed by atoms with Gasteiger partial charge in [0.1, 0.15) is 0 Å². The van der Waals surface area contributed by atoms with Crippen molar-refractivity contribution in [3.8, 4) is 0 Å². The molecule has 6 heteroatoms. The number of hydrogen-bond donors (Lipinski definition) is 2. The van der Waals surface area contributed by atoms with E-state index < -0.39 is 0 Å². The Morgan fingerprint density at radius 3 is 2.59 bits per heavy atom. The van der Waals surface area contributed by atoms with Gasteiger partial charge in [-0.15, -0.1) is 24.0 Å². The summed E-state index contributed by atoms with van der Waals surface area (Å²) in [5.74, 6) is 1.54. The Balaban J connectivity index is 0.00000441. The standard InChI is InChI=1S/C16H34N4O.HI/c1-4-17-16(18-9-8-12-21-3)19-13-15(2)14-20-10-6-5-7-11-20;/h15H,4-14H2,1-3H3,(H2,17,18,19);1H. The van der Waals surface area contributed by atoms with E-state index in [0.717, 1.165) is 38.6 Å². The summed E-state index contributed by atoms with van der Waals surface area (Å²) in [7, 11) is 1.74. The van der Waals surface area contributed by atoms with Crippen molar-refractivity contribution < 1.29 is 4.74 Å². The minimum atomic E-state index is 0. The van der Waals surface area contributed by atoms with Gasteiger partial charge in [0.05, 0.1) is 0 Å². The molecule has 132 valence electrons. The zero-order chi connectivity index (χ0) is 15.3. The van der Waals surface area contributed by atoms with Gasteiger partial charge in [-0.1, -0.05) is 13.3 Å². The van der Waals surface area contributed by atoms with Gasteiger partial charge in [-0.3, -0.25) is 4.99 Å². The monoisotopic (exact) mass is 426 g/mol. The lowest BCUT2D eigenvalue weighted by molar-refractivity contribution is 0.195. The van der Waals surface area contributed by atoms with Gasteiger partial charge in [-0.2, -0.15) is 0 Å². The molecule has 0 bridgehead atoms. The van der Waals surface area contributed by atoms with Crippen molar-refractivity contribution in [2.45, 2.75) is 39.5 Å². The Labute approximate surface area is 153 Å². The van der Waals surface area contributed by atoms with E-state index in [4.69, 9.17) is 9.73 Å². The Hall–Kier alpha value is -0.0800. The molecule has 1 atom stereocenters. The second kappa shape index (κ2) is 14.5. The zero-order valence-electron chi connectivity index (χ0n) is 14.6. The Bertz CT molecular complexity index is 283. The number of likely N-dealkylation sites (tertiary alicyclic amines) is 1. The Kier molecular flexibility index (Phi) is 14.5. The van der Waals surface area contributed by atoms with E-state index >= 15 is 0 Å². The molecule has 0 radical (unpaired) electrons. The summed E-state index contributed by atoms with van der Waals surface area (Å²) in [5, 5.41) is 6.66. The van der Waals surface area contributed by atoms with E-state index in [0.29, 0.717) is 5.92 Å². The fourth-order valence-corrected chi connectivity index (χ4v) is 2.65. The molecule has 0 aliphatic carbocycles. The molecule has 2 N–H and O–H groups in total. The lowest BCUT2D eigenvalue weighted by Crippen LogP contribution is -2.39. The summed E-state index contributed by atoms with van der Waals surface area (Å²) in [6.07, 6.45) is 5.13. The molecule has 1 fully saturated rings. The van der Waals surface area contributed by atoms with Crippen molar-refractivity contribution in [3.05, 3.63) is 0 Å². The third-order valence-corrected chi connectivity index (χ3v) is 3.74. The minimum Gasteiger partial charge on any atom is -0.385 e. The number of ether oxygens (including phenoxy) is 1. The molecule has 0 aromatic heterocycles. The van der Waals surface area contributed by atoms with Gasteiger partial charge in [-0.25, -0.2) is 0 Å². The van der Waals surface area contributed by atoms with Crippen LogP contribution in [0.25, 0.3) is 0 Å². The highest BCUT2D eigenvalue weighted by atomic mass is 127. The van der Waals surface area contributed by atoms with Gasteiger partial charge >= 0.3 is 0 Å². The summed E-state index contributed by atoms with van der Waals surface area (Å²) >= 11 is 0. The van der Waals surface area contributed by atoms with Gasteiger partial charge in [-0.05, 0) is 45.2 Å². The second-order valence-corrected chi connectivity index (χ2v) is 5.96. The van der Waals surface area contributed by atoms with Gasteiger partial charge in [0.25, 0.3) is 0 Å². The van der Waals surface area contributed by atoms with Crippen LogP contribution in [0.4, 0.5) is 0 Å². The number of nitrogens with zero attached hydrogens (tertiary/aromatic N) is 2. The highest BCUT2D eigenvalue weighted by Crippen LogP contribution is 2.10. The van der Waals surface area contributed by atoms with Gasteiger partial charge in [0, 0.05) is 39.9 Å². The van der Waals surface area contributed by atoms with Crippen molar-refractivity contribution in [1.29, 1.82) is 0 Å².